The molecule has 0 aliphatic carbocycles. The molecule has 122 valence electrons. The first-order valence-corrected chi connectivity index (χ1v) is 8.16. The normalized spacial score (nSPS) is 16.0. The molecule has 0 aromatic heterocycles. The van der Waals surface area contributed by atoms with Gasteiger partial charge in [-0.25, -0.2) is 4.79 Å². The van der Waals surface area contributed by atoms with E-state index in [0.29, 0.717) is 19.0 Å². The minimum Gasteiger partial charge on any atom is -0.338 e. The SMILES string of the molecule is CCCNC(=O)NC(=O)CN(CCC)CC1CCNCC1. The standard InChI is InChI=1S/C15H30N4O2/c1-3-7-17-15(21)18-14(20)12-19(10-4-2)11-13-5-8-16-9-6-13/h13,16H,3-12H2,1-2H3,(H2,17,18,20,21). The molecule has 1 rings (SSSR count). The van der Waals surface area contributed by atoms with Crippen LogP contribution in [-0.4, -0.2) is 56.1 Å². The molecular formula is C15H30N4O2. The highest BCUT2D eigenvalue weighted by Gasteiger charge is 2.19. The van der Waals surface area contributed by atoms with Crippen molar-refractivity contribution < 1.29 is 9.59 Å². The highest BCUT2D eigenvalue weighted by Crippen LogP contribution is 2.13. The van der Waals surface area contributed by atoms with Gasteiger partial charge in [0.2, 0.25) is 5.91 Å². The zero-order valence-corrected chi connectivity index (χ0v) is 13.4. The van der Waals surface area contributed by atoms with Crippen molar-refractivity contribution in [1.29, 1.82) is 0 Å². The number of amides is 3. The third-order valence-electron chi connectivity index (χ3n) is 3.67. The quantitative estimate of drug-likeness (QED) is 0.623. The van der Waals surface area contributed by atoms with Crippen LogP contribution in [0.4, 0.5) is 4.79 Å². The molecule has 0 radical (unpaired) electrons. The summed E-state index contributed by atoms with van der Waals surface area (Å²) >= 11 is 0. The Morgan fingerprint density at radius 3 is 2.52 bits per heavy atom. The van der Waals surface area contributed by atoms with Gasteiger partial charge in [-0.3, -0.25) is 15.0 Å². The van der Waals surface area contributed by atoms with E-state index in [9.17, 15) is 9.59 Å². The highest BCUT2D eigenvalue weighted by molar-refractivity contribution is 5.95. The number of nitrogens with zero attached hydrogens (tertiary/aromatic N) is 1. The molecule has 1 aliphatic rings. The van der Waals surface area contributed by atoms with Crippen LogP contribution in [0, 0.1) is 5.92 Å². The molecule has 0 atom stereocenters. The monoisotopic (exact) mass is 298 g/mol. The van der Waals surface area contributed by atoms with Crippen molar-refractivity contribution in [3.8, 4) is 0 Å². The molecule has 1 fully saturated rings. The Kier molecular flexibility index (Phi) is 9.01. The predicted molar refractivity (Wildman–Crippen MR) is 84.2 cm³/mol. The van der Waals surface area contributed by atoms with Gasteiger partial charge in [-0.05, 0) is 51.2 Å². The maximum absolute atomic E-state index is 11.9. The van der Waals surface area contributed by atoms with E-state index in [-0.39, 0.29) is 11.9 Å². The number of carbonyl (C=O) groups excluding carboxylic acids is 2. The lowest BCUT2D eigenvalue weighted by Gasteiger charge is -2.29. The van der Waals surface area contributed by atoms with E-state index in [1.54, 1.807) is 0 Å². The second-order valence-corrected chi connectivity index (χ2v) is 5.73. The van der Waals surface area contributed by atoms with Crippen molar-refractivity contribution >= 4 is 11.9 Å². The van der Waals surface area contributed by atoms with Crippen molar-refractivity contribution in [2.75, 3.05) is 39.3 Å². The van der Waals surface area contributed by atoms with E-state index in [0.717, 1.165) is 39.0 Å². The molecule has 0 unspecified atom stereocenters. The summed E-state index contributed by atoms with van der Waals surface area (Å²) in [6.07, 6.45) is 4.21. The molecule has 6 nitrogen and oxygen atoms in total. The molecule has 3 N–H and O–H groups in total. The fourth-order valence-corrected chi connectivity index (χ4v) is 2.63. The Morgan fingerprint density at radius 2 is 1.90 bits per heavy atom. The van der Waals surface area contributed by atoms with Crippen LogP contribution in [0.3, 0.4) is 0 Å². The van der Waals surface area contributed by atoms with Gasteiger partial charge >= 0.3 is 6.03 Å². The topological polar surface area (TPSA) is 73.5 Å². The molecule has 21 heavy (non-hydrogen) atoms. The summed E-state index contributed by atoms with van der Waals surface area (Å²) in [5.74, 6) is 0.436. The molecule has 0 aromatic carbocycles. The van der Waals surface area contributed by atoms with E-state index in [4.69, 9.17) is 0 Å². The summed E-state index contributed by atoms with van der Waals surface area (Å²) in [6, 6.07) is -0.389. The van der Waals surface area contributed by atoms with E-state index >= 15 is 0 Å². The van der Waals surface area contributed by atoms with Crippen molar-refractivity contribution in [3.05, 3.63) is 0 Å². The summed E-state index contributed by atoms with van der Waals surface area (Å²) in [6.45, 7) is 8.95. The van der Waals surface area contributed by atoms with Gasteiger partial charge in [0.25, 0.3) is 0 Å². The van der Waals surface area contributed by atoms with E-state index < -0.39 is 0 Å². The number of imide groups is 1. The number of urea groups is 1. The van der Waals surface area contributed by atoms with Crippen molar-refractivity contribution in [2.45, 2.75) is 39.5 Å². The summed E-state index contributed by atoms with van der Waals surface area (Å²) in [4.78, 5) is 25.6. The highest BCUT2D eigenvalue weighted by atomic mass is 16.2. The maximum Gasteiger partial charge on any atom is 0.321 e. The molecule has 0 saturated carbocycles. The fraction of sp³-hybridized carbons (Fsp3) is 0.867. The number of piperidine rings is 1. The van der Waals surface area contributed by atoms with Crippen LogP contribution in [0.15, 0.2) is 0 Å². The van der Waals surface area contributed by atoms with Gasteiger partial charge in [-0.1, -0.05) is 13.8 Å². The number of hydrogen-bond acceptors (Lipinski definition) is 4. The van der Waals surface area contributed by atoms with Crippen LogP contribution in [-0.2, 0) is 4.79 Å². The molecule has 1 saturated heterocycles. The van der Waals surface area contributed by atoms with Crippen LogP contribution < -0.4 is 16.0 Å². The molecular weight excluding hydrogens is 268 g/mol. The summed E-state index contributed by atoms with van der Waals surface area (Å²) < 4.78 is 0. The van der Waals surface area contributed by atoms with Crippen LogP contribution >= 0.6 is 0 Å². The van der Waals surface area contributed by atoms with Crippen LogP contribution in [0.1, 0.15) is 39.5 Å². The Bertz CT molecular complexity index is 317. The molecule has 1 heterocycles. The van der Waals surface area contributed by atoms with Gasteiger partial charge in [0, 0.05) is 13.1 Å². The molecule has 1 aliphatic heterocycles. The minimum absolute atomic E-state index is 0.217. The van der Waals surface area contributed by atoms with E-state index in [1.165, 1.54) is 12.8 Å². The number of rotatable bonds is 8. The Morgan fingerprint density at radius 1 is 1.19 bits per heavy atom. The zero-order chi connectivity index (χ0) is 15.5. The van der Waals surface area contributed by atoms with Crippen LogP contribution in [0.2, 0.25) is 0 Å². The largest absolute Gasteiger partial charge is 0.338 e. The van der Waals surface area contributed by atoms with Crippen LogP contribution in [0.25, 0.3) is 0 Å². The number of carbonyl (C=O) groups is 2. The zero-order valence-electron chi connectivity index (χ0n) is 13.4. The summed E-state index contributed by atoms with van der Waals surface area (Å²) in [5.41, 5.74) is 0. The second kappa shape index (κ2) is 10.6. The van der Waals surface area contributed by atoms with Crippen LogP contribution in [0.5, 0.6) is 0 Å². The average molecular weight is 298 g/mol. The lowest BCUT2D eigenvalue weighted by atomic mass is 9.97. The molecule has 3 amide bonds. The lowest BCUT2D eigenvalue weighted by Crippen LogP contribution is -2.46. The Hall–Kier alpha value is -1.14. The first kappa shape index (κ1) is 17.9. The van der Waals surface area contributed by atoms with Gasteiger partial charge in [0.1, 0.15) is 0 Å². The van der Waals surface area contributed by atoms with Gasteiger partial charge < -0.3 is 10.6 Å². The molecule has 0 aromatic rings. The summed E-state index contributed by atoms with van der Waals surface area (Å²) in [7, 11) is 0. The van der Waals surface area contributed by atoms with Crippen molar-refractivity contribution in [3.63, 3.8) is 0 Å². The fourth-order valence-electron chi connectivity index (χ4n) is 2.63. The second-order valence-electron chi connectivity index (χ2n) is 5.73. The van der Waals surface area contributed by atoms with Gasteiger partial charge in [0.15, 0.2) is 0 Å². The first-order chi connectivity index (χ1) is 10.2. The summed E-state index contributed by atoms with van der Waals surface area (Å²) in [5, 5.41) is 8.41. The van der Waals surface area contributed by atoms with Gasteiger partial charge in [-0.15, -0.1) is 0 Å². The first-order valence-electron chi connectivity index (χ1n) is 8.16. The predicted octanol–water partition coefficient (Wildman–Crippen LogP) is 0.934. The Balaban J connectivity index is 2.34. The lowest BCUT2D eigenvalue weighted by molar-refractivity contribution is -0.121. The van der Waals surface area contributed by atoms with Gasteiger partial charge in [0.05, 0.1) is 6.54 Å². The number of hydrogen-bond donors (Lipinski definition) is 3. The average Bonchev–Trinajstić information content (AvgIpc) is 2.46. The molecule has 0 spiro atoms. The third-order valence-corrected chi connectivity index (χ3v) is 3.67. The smallest absolute Gasteiger partial charge is 0.321 e. The van der Waals surface area contributed by atoms with Gasteiger partial charge in [-0.2, -0.15) is 0 Å². The van der Waals surface area contributed by atoms with Crippen molar-refractivity contribution in [2.24, 2.45) is 5.92 Å². The third kappa shape index (κ3) is 8.02. The van der Waals surface area contributed by atoms with Crippen molar-refractivity contribution in [1.82, 2.24) is 20.9 Å². The van der Waals surface area contributed by atoms with E-state index in [1.807, 2.05) is 6.92 Å². The number of nitrogens with one attached hydrogen (secondary N) is 3. The molecule has 6 heteroatoms. The molecule has 0 bridgehead atoms. The maximum atomic E-state index is 11.9. The van der Waals surface area contributed by atoms with E-state index in [2.05, 4.69) is 27.8 Å². The Labute approximate surface area is 128 Å². The minimum atomic E-state index is -0.389.